The number of amidine groups is 2. The number of nitrogens with zero attached hydrogens (tertiary/aromatic N) is 4. The van der Waals surface area contributed by atoms with Crippen LogP contribution in [0, 0.1) is 25.7 Å². The summed E-state index contributed by atoms with van der Waals surface area (Å²) in [5.41, 5.74) is 4.72. The molecule has 4 aromatic carbocycles. The van der Waals surface area contributed by atoms with Gasteiger partial charge in [-0.3, -0.25) is 29.4 Å². The Morgan fingerprint density at radius 2 is 1.06 bits per heavy atom. The lowest BCUT2D eigenvalue weighted by Crippen LogP contribution is -2.41. The number of aromatic hydroxyl groups is 2. The van der Waals surface area contributed by atoms with Crippen molar-refractivity contribution in [1.82, 2.24) is 9.80 Å². The van der Waals surface area contributed by atoms with Crippen molar-refractivity contribution in [2.75, 3.05) is 13.1 Å². The van der Waals surface area contributed by atoms with Crippen molar-refractivity contribution in [2.24, 2.45) is 21.8 Å². The van der Waals surface area contributed by atoms with Crippen LogP contribution < -0.4 is 0 Å². The quantitative estimate of drug-likeness (QED) is 0.269. The molecule has 4 atom stereocenters. The predicted molar refractivity (Wildman–Crippen MR) is 190 cm³/mol. The maximum atomic E-state index is 12.9. The van der Waals surface area contributed by atoms with E-state index in [2.05, 4.69) is 43.2 Å². The van der Waals surface area contributed by atoms with Crippen molar-refractivity contribution in [3.63, 3.8) is 0 Å². The SMILES string of the molecule is Cc1c(O)ccc2ccc3c(c12)C(=O)N1C[C@H](C)[C@H](C)N=C31.Cc1c(O)ccc2ccc3c(c12)C1=N[C@H](C)[C@H](C)CN1C3=O.[B].[B][B]. The van der Waals surface area contributed by atoms with Gasteiger partial charge in [0.2, 0.25) is 0 Å². The molecule has 7 radical (unpaired) electrons. The second kappa shape index (κ2) is 12.6. The summed E-state index contributed by atoms with van der Waals surface area (Å²) in [4.78, 5) is 38.7. The molecule has 2 amide bonds. The molecule has 0 spiro atoms. The van der Waals surface area contributed by atoms with Crippen LogP contribution >= 0.6 is 0 Å². The highest BCUT2D eigenvalue weighted by Gasteiger charge is 2.41. The van der Waals surface area contributed by atoms with E-state index in [-0.39, 0.29) is 43.8 Å². The van der Waals surface area contributed by atoms with Crippen LogP contribution in [-0.4, -0.2) is 92.6 Å². The van der Waals surface area contributed by atoms with E-state index in [0.717, 1.165) is 55.5 Å². The fourth-order valence-corrected chi connectivity index (χ4v) is 6.87. The van der Waals surface area contributed by atoms with Crippen molar-refractivity contribution >= 4 is 68.9 Å². The topological polar surface area (TPSA) is 106 Å². The zero-order chi connectivity index (χ0) is 33.2. The molecule has 233 valence electrons. The maximum Gasteiger partial charge on any atom is 0.260 e. The van der Waals surface area contributed by atoms with Gasteiger partial charge in [-0.15, -0.1) is 0 Å². The largest absolute Gasteiger partial charge is 0.508 e. The molecule has 4 aliphatic rings. The van der Waals surface area contributed by atoms with E-state index in [0.29, 0.717) is 36.1 Å². The minimum absolute atomic E-state index is 0. The fourth-order valence-electron chi connectivity index (χ4n) is 6.87. The van der Waals surface area contributed by atoms with Gasteiger partial charge in [-0.25, -0.2) is 0 Å². The number of phenolic OH excluding ortho intramolecular Hbond substituents is 2. The minimum Gasteiger partial charge on any atom is -0.508 e. The van der Waals surface area contributed by atoms with E-state index in [4.69, 9.17) is 9.98 Å². The number of carbonyl (C=O) groups excluding carboxylic acids is 2. The number of aliphatic imine (C=N–C) groups is 2. The average Bonchev–Trinajstić information content (AvgIpc) is 3.48. The molecule has 4 aliphatic heterocycles. The second-order valence-corrected chi connectivity index (χ2v) is 12.8. The summed E-state index contributed by atoms with van der Waals surface area (Å²) in [7, 11) is 8.00. The maximum absolute atomic E-state index is 12.9. The Bertz CT molecular complexity index is 2010. The fraction of sp³-hybridized carbons (Fsp3) is 0.333. The van der Waals surface area contributed by atoms with Crippen LogP contribution in [0.4, 0.5) is 0 Å². The lowest BCUT2D eigenvalue weighted by Gasteiger charge is -2.30. The standard InChI is InChI=1S/2C18H18N2O2.B2.B/c1-9-8-20-17(19-11(9)3)16-13(18(20)22)6-4-12-5-7-14(21)10(2)15(12)16;1-9-8-20-17(19-11(9)3)13-6-4-12-5-7-14(21)10(2)15(12)16(13)18(20)22;1-2;/h2*4-7,9,11,21H,8H2,1-3H3;;/t2*9-,11-;;/m10../s1. The number of rotatable bonds is 0. The molecule has 4 heterocycles. The Labute approximate surface area is 280 Å². The van der Waals surface area contributed by atoms with Crippen LogP contribution in [0.1, 0.15) is 70.7 Å². The summed E-state index contributed by atoms with van der Waals surface area (Å²) in [6, 6.07) is 15.3. The molecule has 0 aromatic heterocycles. The third-order valence-electron chi connectivity index (χ3n) is 9.99. The van der Waals surface area contributed by atoms with Crippen LogP contribution in [0.2, 0.25) is 0 Å². The van der Waals surface area contributed by atoms with Gasteiger partial charge in [0, 0.05) is 53.5 Å². The first kappa shape index (κ1) is 33.8. The van der Waals surface area contributed by atoms with Gasteiger partial charge in [0.25, 0.3) is 11.8 Å². The van der Waals surface area contributed by atoms with E-state index >= 15 is 0 Å². The van der Waals surface area contributed by atoms with E-state index in [1.807, 2.05) is 50.2 Å². The van der Waals surface area contributed by atoms with Gasteiger partial charge in [-0.2, -0.15) is 0 Å². The second-order valence-electron chi connectivity index (χ2n) is 12.8. The highest BCUT2D eigenvalue weighted by atomic mass is 16.3. The molecule has 0 fully saturated rings. The Hall–Kier alpha value is -4.53. The van der Waals surface area contributed by atoms with Gasteiger partial charge in [0.05, 0.1) is 23.2 Å². The van der Waals surface area contributed by atoms with Gasteiger partial charge in [0.15, 0.2) is 0 Å². The van der Waals surface area contributed by atoms with Crippen molar-refractivity contribution in [3.05, 3.63) is 81.9 Å². The van der Waals surface area contributed by atoms with Gasteiger partial charge in [-0.05, 0) is 91.1 Å². The lowest BCUT2D eigenvalue weighted by atomic mass is 9.81. The molecular weight excluding hydrogens is 585 g/mol. The molecule has 0 bridgehead atoms. The summed E-state index contributed by atoms with van der Waals surface area (Å²) in [5, 5.41) is 23.9. The van der Waals surface area contributed by atoms with Crippen LogP contribution in [0.15, 0.2) is 58.5 Å². The van der Waals surface area contributed by atoms with Crippen molar-refractivity contribution in [3.8, 4) is 11.5 Å². The minimum atomic E-state index is 0. The van der Waals surface area contributed by atoms with Gasteiger partial charge < -0.3 is 10.2 Å². The first-order valence-corrected chi connectivity index (χ1v) is 15.6. The molecular formula is C36H36B3N4O4. The number of hydrogen-bond acceptors (Lipinski definition) is 6. The normalized spacial score (nSPS) is 22.1. The monoisotopic (exact) mass is 621 g/mol. The molecule has 8 rings (SSSR count). The summed E-state index contributed by atoms with van der Waals surface area (Å²) in [6.45, 7) is 13.6. The number of fused-ring (bicyclic) bond motifs is 10. The summed E-state index contributed by atoms with van der Waals surface area (Å²) < 4.78 is 0. The zero-order valence-electron chi connectivity index (χ0n) is 27.6. The molecule has 0 aliphatic carbocycles. The van der Waals surface area contributed by atoms with Crippen LogP contribution in [0.25, 0.3) is 21.5 Å². The number of carbonyl (C=O) groups is 2. The van der Waals surface area contributed by atoms with Crippen LogP contribution in [0.3, 0.4) is 0 Å². The molecule has 11 heteroatoms. The van der Waals surface area contributed by atoms with Gasteiger partial charge in [0.1, 0.15) is 23.2 Å². The first-order valence-electron chi connectivity index (χ1n) is 15.6. The molecule has 0 saturated heterocycles. The molecule has 2 N–H and O–H groups in total. The molecule has 8 nitrogen and oxygen atoms in total. The van der Waals surface area contributed by atoms with Gasteiger partial charge in [-0.1, -0.05) is 38.1 Å². The third kappa shape index (κ3) is 5.20. The van der Waals surface area contributed by atoms with E-state index in [9.17, 15) is 19.8 Å². The number of aryl methyl sites for hydroxylation is 2. The van der Waals surface area contributed by atoms with E-state index in [1.165, 1.54) is 0 Å². The summed E-state index contributed by atoms with van der Waals surface area (Å²) in [5.74, 6) is 2.77. The van der Waals surface area contributed by atoms with Crippen LogP contribution in [0.5, 0.6) is 11.5 Å². The summed E-state index contributed by atoms with van der Waals surface area (Å²) in [6.07, 6.45) is 0. The number of amides is 2. The molecule has 0 unspecified atom stereocenters. The Balaban J connectivity index is 0.000000172. The smallest absolute Gasteiger partial charge is 0.260 e. The number of benzene rings is 4. The molecule has 4 aromatic rings. The van der Waals surface area contributed by atoms with Crippen molar-refractivity contribution < 1.29 is 19.8 Å². The highest BCUT2D eigenvalue weighted by Crippen LogP contribution is 2.39. The predicted octanol–water partition coefficient (Wildman–Crippen LogP) is 5.05. The highest BCUT2D eigenvalue weighted by molar-refractivity contribution is 6.75. The molecule has 47 heavy (non-hydrogen) atoms. The number of hydrogen-bond donors (Lipinski definition) is 2. The third-order valence-corrected chi connectivity index (χ3v) is 9.99. The Kier molecular flexibility index (Phi) is 9.06. The average molecular weight is 621 g/mol. The van der Waals surface area contributed by atoms with Crippen LogP contribution in [-0.2, 0) is 0 Å². The zero-order valence-corrected chi connectivity index (χ0v) is 27.6. The van der Waals surface area contributed by atoms with E-state index < -0.39 is 0 Å². The van der Waals surface area contributed by atoms with Crippen molar-refractivity contribution in [2.45, 2.75) is 53.6 Å². The Morgan fingerprint density at radius 3 is 1.60 bits per heavy atom. The van der Waals surface area contributed by atoms with E-state index in [1.54, 1.807) is 21.9 Å². The Morgan fingerprint density at radius 1 is 0.638 bits per heavy atom. The first-order chi connectivity index (χ1) is 22.0. The molecule has 0 saturated carbocycles. The van der Waals surface area contributed by atoms with Crippen molar-refractivity contribution in [1.29, 1.82) is 0 Å². The van der Waals surface area contributed by atoms with Gasteiger partial charge >= 0.3 is 0 Å². The number of phenols is 2. The summed E-state index contributed by atoms with van der Waals surface area (Å²) >= 11 is 0. The lowest BCUT2D eigenvalue weighted by molar-refractivity contribution is 0.0826.